The lowest BCUT2D eigenvalue weighted by atomic mass is 10.1. The Morgan fingerprint density at radius 1 is 1.04 bits per heavy atom. The lowest BCUT2D eigenvalue weighted by Gasteiger charge is -2.38. The van der Waals surface area contributed by atoms with Crippen LogP contribution in [0.3, 0.4) is 0 Å². The van der Waals surface area contributed by atoms with Crippen LogP contribution >= 0.6 is 11.6 Å². The number of ether oxygens (including phenoxy) is 1. The zero-order valence-electron chi connectivity index (χ0n) is 17.2. The molecule has 1 saturated heterocycles. The van der Waals surface area contributed by atoms with E-state index in [2.05, 4.69) is 17.9 Å². The number of rotatable bonds is 5. The van der Waals surface area contributed by atoms with Crippen LogP contribution < -0.4 is 9.64 Å². The van der Waals surface area contributed by atoms with Crippen LogP contribution in [0.25, 0.3) is 0 Å². The fourth-order valence-electron chi connectivity index (χ4n) is 3.77. The maximum atomic E-state index is 13.0. The van der Waals surface area contributed by atoms with Crippen molar-refractivity contribution in [1.29, 1.82) is 0 Å². The van der Waals surface area contributed by atoms with E-state index >= 15 is 0 Å². The highest BCUT2D eigenvalue weighted by molar-refractivity contribution is 6.30. The van der Waals surface area contributed by atoms with Crippen LogP contribution in [0.2, 0.25) is 5.02 Å². The van der Waals surface area contributed by atoms with Crippen LogP contribution in [0.5, 0.6) is 5.75 Å². The van der Waals surface area contributed by atoms with Crippen molar-refractivity contribution in [3.05, 3.63) is 58.1 Å². The molecule has 0 spiro atoms. The van der Waals surface area contributed by atoms with Gasteiger partial charge in [0.05, 0.1) is 0 Å². The number of halogens is 1. The first-order valence-corrected chi connectivity index (χ1v) is 10.3. The minimum absolute atomic E-state index is 0.0733. The molecular weight excluding hydrogens is 372 g/mol. The molecule has 3 rings (SSSR count). The molecule has 150 valence electrons. The summed E-state index contributed by atoms with van der Waals surface area (Å²) in [6.45, 7) is 11.2. The number of benzene rings is 2. The monoisotopic (exact) mass is 400 g/mol. The van der Waals surface area contributed by atoms with Crippen molar-refractivity contribution in [2.24, 2.45) is 0 Å². The van der Waals surface area contributed by atoms with E-state index in [1.807, 2.05) is 56.0 Å². The van der Waals surface area contributed by atoms with Crippen LogP contribution in [-0.2, 0) is 4.79 Å². The van der Waals surface area contributed by atoms with Crippen molar-refractivity contribution >= 4 is 23.2 Å². The zero-order chi connectivity index (χ0) is 20.3. The van der Waals surface area contributed by atoms with Gasteiger partial charge in [0.2, 0.25) is 0 Å². The van der Waals surface area contributed by atoms with E-state index < -0.39 is 6.10 Å². The smallest absolute Gasteiger partial charge is 0.263 e. The number of carbonyl (C=O) groups is 1. The van der Waals surface area contributed by atoms with Gasteiger partial charge >= 0.3 is 0 Å². The molecule has 1 fully saturated rings. The number of anilines is 1. The number of hydrogen-bond acceptors (Lipinski definition) is 3. The van der Waals surface area contributed by atoms with Gasteiger partial charge in [-0.05, 0) is 68.1 Å². The molecule has 0 radical (unpaired) electrons. The summed E-state index contributed by atoms with van der Waals surface area (Å²) in [5.74, 6) is 0.843. The normalized spacial score (nSPS) is 15.5. The molecule has 0 saturated carbocycles. The van der Waals surface area contributed by atoms with E-state index in [1.165, 1.54) is 5.56 Å². The molecule has 0 aliphatic carbocycles. The molecular formula is C23H29ClN2O2. The Kier molecular flexibility index (Phi) is 6.50. The van der Waals surface area contributed by atoms with E-state index in [-0.39, 0.29) is 5.91 Å². The van der Waals surface area contributed by atoms with Gasteiger partial charge in [-0.15, -0.1) is 0 Å². The zero-order valence-corrected chi connectivity index (χ0v) is 17.9. The topological polar surface area (TPSA) is 32.8 Å². The van der Waals surface area contributed by atoms with Crippen LogP contribution in [-0.4, -0.2) is 43.1 Å². The van der Waals surface area contributed by atoms with E-state index in [0.717, 1.165) is 40.7 Å². The molecule has 0 unspecified atom stereocenters. The molecule has 1 heterocycles. The van der Waals surface area contributed by atoms with Gasteiger partial charge in [0.15, 0.2) is 6.10 Å². The Bertz CT molecular complexity index is 824. The van der Waals surface area contributed by atoms with E-state index in [0.29, 0.717) is 19.5 Å². The van der Waals surface area contributed by atoms with E-state index in [4.69, 9.17) is 16.3 Å². The lowest BCUT2D eigenvalue weighted by molar-refractivity contribution is -0.139. The number of piperazine rings is 1. The van der Waals surface area contributed by atoms with Crippen molar-refractivity contribution in [3.63, 3.8) is 0 Å². The van der Waals surface area contributed by atoms with Crippen molar-refractivity contribution in [1.82, 2.24) is 4.90 Å². The van der Waals surface area contributed by atoms with Crippen molar-refractivity contribution in [3.8, 4) is 5.75 Å². The maximum absolute atomic E-state index is 13.0. The highest BCUT2D eigenvalue weighted by atomic mass is 35.5. The molecule has 28 heavy (non-hydrogen) atoms. The Morgan fingerprint density at radius 3 is 2.29 bits per heavy atom. The number of nitrogens with zero attached hydrogens (tertiary/aromatic N) is 2. The largest absolute Gasteiger partial charge is 0.481 e. The molecule has 1 aliphatic heterocycles. The second-order valence-corrected chi connectivity index (χ2v) is 8.02. The number of amides is 1. The molecule has 2 aromatic carbocycles. The highest BCUT2D eigenvalue weighted by Gasteiger charge is 2.28. The number of aryl methyl sites for hydroxylation is 3. The molecule has 1 aliphatic rings. The Hall–Kier alpha value is -2.20. The number of carbonyl (C=O) groups excluding carboxylic acids is 1. The van der Waals surface area contributed by atoms with E-state index in [9.17, 15) is 4.79 Å². The molecule has 0 bridgehead atoms. The van der Waals surface area contributed by atoms with Crippen molar-refractivity contribution in [2.45, 2.75) is 40.2 Å². The number of hydrogen-bond donors (Lipinski definition) is 0. The summed E-state index contributed by atoms with van der Waals surface area (Å²) in [5, 5.41) is 0.743. The summed E-state index contributed by atoms with van der Waals surface area (Å²) in [6, 6.07) is 12.0. The van der Waals surface area contributed by atoms with Gasteiger partial charge in [-0.25, -0.2) is 0 Å². The first-order valence-electron chi connectivity index (χ1n) is 9.92. The molecule has 1 atom stereocenters. The van der Waals surface area contributed by atoms with Gasteiger partial charge in [-0.3, -0.25) is 4.79 Å². The summed E-state index contributed by atoms with van der Waals surface area (Å²) in [5.41, 5.74) is 4.64. The summed E-state index contributed by atoms with van der Waals surface area (Å²) in [7, 11) is 0. The molecule has 0 N–H and O–H groups in total. The minimum atomic E-state index is -0.444. The molecule has 0 aromatic heterocycles. The second kappa shape index (κ2) is 8.87. The first-order chi connectivity index (χ1) is 13.4. The SMILES string of the molecule is CC[C@H](Oc1cc(C)cc(C)c1)C(=O)N1CCN(c2cc(Cl)ccc2C)CC1. The minimum Gasteiger partial charge on any atom is -0.481 e. The second-order valence-electron chi connectivity index (χ2n) is 7.58. The van der Waals surface area contributed by atoms with Gasteiger partial charge in [0.1, 0.15) is 5.75 Å². The van der Waals surface area contributed by atoms with Crippen LogP contribution in [0, 0.1) is 20.8 Å². The average molecular weight is 401 g/mol. The average Bonchev–Trinajstić information content (AvgIpc) is 2.67. The third-order valence-electron chi connectivity index (χ3n) is 5.22. The quantitative estimate of drug-likeness (QED) is 0.724. The van der Waals surface area contributed by atoms with Gasteiger partial charge in [-0.1, -0.05) is 30.7 Å². The molecule has 2 aromatic rings. The van der Waals surface area contributed by atoms with Crippen molar-refractivity contribution in [2.75, 3.05) is 31.1 Å². The molecule has 1 amide bonds. The summed E-state index contributed by atoms with van der Waals surface area (Å²) < 4.78 is 6.06. The summed E-state index contributed by atoms with van der Waals surface area (Å²) >= 11 is 6.17. The van der Waals surface area contributed by atoms with Crippen LogP contribution in [0.1, 0.15) is 30.0 Å². The highest BCUT2D eigenvalue weighted by Crippen LogP contribution is 2.26. The Balaban J connectivity index is 1.63. The molecule has 5 heteroatoms. The van der Waals surface area contributed by atoms with E-state index in [1.54, 1.807) is 0 Å². The Morgan fingerprint density at radius 2 is 1.68 bits per heavy atom. The predicted octanol–water partition coefficient (Wildman–Crippen LogP) is 4.77. The summed E-state index contributed by atoms with van der Waals surface area (Å²) in [4.78, 5) is 17.3. The van der Waals surface area contributed by atoms with Crippen LogP contribution in [0.15, 0.2) is 36.4 Å². The fourth-order valence-corrected chi connectivity index (χ4v) is 3.93. The van der Waals surface area contributed by atoms with Gasteiger partial charge in [0.25, 0.3) is 5.91 Å². The maximum Gasteiger partial charge on any atom is 0.263 e. The fraction of sp³-hybridized carbons (Fsp3) is 0.435. The Labute approximate surface area is 173 Å². The summed E-state index contributed by atoms with van der Waals surface area (Å²) in [6.07, 6.45) is 0.208. The predicted molar refractivity (Wildman–Crippen MR) is 116 cm³/mol. The molecule has 4 nitrogen and oxygen atoms in total. The van der Waals surface area contributed by atoms with Gasteiger partial charge in [-0.2, -0.15) is 0 Å². The van der Waals surface area contributed by atoms with Gasteiger partial charge in [0, 0.05) is 36.9 Å². The lowest BCUT2D eigenvalue weighted by Crippen LogP contribution is -2.52. The van der Waals surface area contributed by atoms with Crippen molar-refractivity contribution < 1.29 is 9.53 Å². The third kappa shape index (κ3) is 4.79. The van der Waals surface area contributed by atoms with Crippen LogP contribution in [0.4, 0.5) is 5.69 Å². The third-order valence-corrected chi connectivity index (χ3v) is 5.46. The standard InChI is InChI=1S/C23H29ClN2O2/c1-5-22(28-20-13-16(2)12-17(3)14-20)23(27)26-10-8-25(9-11-26)21-15-19(24)7-6-18(21)4/h6-7,12-15,22H,5,8-11H2,1-4H3/t22-/m0/s1. The first kappa shape index (κ1) is 20.5. The van der Waals surface area contributed by atoms with Gasteiger partial charge < -0.3 is 14.5 Å².